The van der Waals surface area contributed by atoms with Crippen molar-refractivity contribution in [2.45, 2.75) is 78.7 Å². The molecule has 4 heteroatoms. The summed E-state index contributed by atoms with van der Waals surface area (Å²) in [6, 6.07) is 6.63. The van der Waals surface area contributed by atoms with Crippen molar-refractivity contribution in [2.75, 3.05) is 13.2 Å². The molecule has 0 aromatic heterocycles. The van der Waals surface area contributed by atoms with Crippen LogP contribution in [-0.4, -0.2) is 23.4 Å². The van der Waals surface area contributed by atoms with E-state index in [2.05, 4.69) is 85.2 Å². The fraction of sp³-hybridized carbons (Fsp3) is 0.700. The molecule has 0 aliphatic carbocycles. The first-order chi connectivity index (χ1) is 10.8. The second-order valence-corrected chi connectivity index (χ2v) is 11.1. The molecule has 2 rings (SSSR count). The van der Waals surface area contributed by atoms with Crippen LogP contribution in [0.5, 0.6) is 5.75 Å². The summed E-state index contributed by atoms with van der Waals surface area (Å²) in [4.78, 5) is 0. The standard InChI is InChI=1S/C20H34NO2P/c1-18(2,3)15-10-11-17(16(14-15)19(4,5)6)23-24-21(12-13-22-24)20(7,8)9/h10-11,14H,12-13H2,1-9H3. The summed E-state index contributed by atoms with van der Waals surface area (Å²) in [7, 11) is -1.04. The third-order valence-electron chi connectivity index (χ3n) is 4.31. The van der Waals surface area contributed by atoms with Gasteiger partial charge in [0.05, 0.1) is 6.61 Å². The minimum Gasteiger partial charge on any atom is -0.435 e. The van der Waals surface area contributed by atoms with Gasteiger partial charge in [0.1, 0.15) is 5.75 Å². The van der Waals surface area contributed by atoms with Crippen LogP contribution in [-0.2, 0) is 15.4 Å². The highest BCUT2D eigenvalue weighted by Crippen LogP contribution is 2.52. The van der Waals surface area contributed by atoms with Crippen molar-refractivity contribution >= 4 is 8.53 Å². The molecular weight excluding hydrogens is 317 g/mol. The Morgan fingerprint density at radius 1 is 0.958 bits per heavy atom. The van der Waals surface area contributed by atoms with Gasteiger partial charge in [0.2, 0.25) is 0 Å². The molecule has 1 heterocycles. The molecule has 3 nitrogen and oxygen atoms in total. The molecule has 1 fully saturated rings. The van der Waals surface area contributed by atoms with Crippen LogP contribution in [0, 0.1) is 0 Å². The second-order valence-electron chi connectivity index (χ2n) is 9.67. The van der Waals surface area contributed by atoms with Crippen LogP contribution >= 0.6 is 8.53 Å². The van der Waals surface area contributed by atoms with Gasteiger partial charge < -0.3 is 9.05 Å². The summed E-state index contributed by atoms with van der Waals surface area (Å²) < 4.78 is 14.7. The number of benzene rings is 1. The van der Waals surface area contributed by atoms with Crippen LogP contribution in [0.3, 0.4) is 0 Å². The Morgan fingerprint density at radius 2 is 1.58 bits per heavy atom. The first-order valence-electron chi connectivity index (χ1n) is 8.84. The Balaban J connectivity index is 2.36. The molecule has 1 saturated heterocycles. The summed E-state index contributed by atoms with van der Waals surface area (Å²) in [5, 5.41) is 0. The van der Waals surface area contributed by atoms with E-state index in [4.69, 9.17) is 9.05 Å². The molecule has 1 aliphatic rings. The highest BCUT2D eigenvalue weighted by molar-refractivity contribution is 7.45. The van der Waals surface area contributed by atoms with Crippen molar-refractivity contribution in [1.82, 2.24) is 4.67 Å². The topological polar surface area (TPSA) is 21.7 Å². The molecule has 0 saturated carbocycles. The molecular formula is C20H34NO2P. The monoisotopic (exact) mass is 351 g/mol. The zero-order chi connectivity index (χ0) is 18.3. The van der Waals surface area contributed by atoms with Crippen molar-refractivity contribution in [2.24, 2.45) is 0 Å². The number of rotatable bonds is 2. The highest BCUT2D eigenvalue weighted by atomic mass is 31.2. The minimum absolute atomic E-state index is 0.0260. The van der Waals surface area contributed by atoms with E-state index in [0.29, 0.717) is 0 Å². The van der Waals surface area contributed by atoms with Gasteiger partial charge in [0.15, 0.2) is 0 Å². The molecule has 0 N–H and O–H groups in total. The van der Waals surface area contributed by atoms with Crippen molar-refractivity contribution in [3.8, 4) is 5.75 Å². The van der Waals surface area contributed by atoms with E-state index in [0.717, 1.165) is 18.9 Å². The van der Waals surface area contributed by atoms with Gasteiger partial charge in [-0.25, -0.2) is 4.67 Å². The van der Waals surface area contributed by atoms with E-state index in [9.17, 15) is 0 Å². The van der Waals surface area contributed by atoms with Gasteiger partial charge in [-0.15, -0.1) is 0 Å². The Morgan fingerprint density at radius 3 is 2.08 bits per heavy atom. The van der Waals surface area contributed by atoms with Gasteiger partial charge in [-0.2, -0.15) is 0 Å². The van der Waals surface area contributed by atoms with E-state index in [1.165, 1.54) is 11.1 Å². The molecule has 0 amide bonds. The fourth-order valence-electron chi connectivity index (χ4n) is 2.76. The minimum atomic E-state index is -1.04. The average Bonchev–Trinajstić information content (AvgIpc) is 2.84. The molecule has 24 heavy (non-hydrogen) atoms. The maximum absolute atomic E-state index is 6.41. The number of hydrogen-bond acceptors (Lipinski definition) is 3. The summed E-state index contributed by atoms with van der Waals surface area (Å²) in [6.07, 6.45) is 0. The second kappa shape index (κ2) is 6.59. The summed E-state index contributed by atoms with van der Waals surface area (Å²) in [5.41, 5.74) is 2.80. The zero-order valence-corrected chi connectivity index (χ0v) is 17.8. The number of nitrogens with zero attached hydrogens (tertiary/aromatic N) is 1. The van der Waals surface area contributed by atoms with Crippen molar-refractivity contribution < 1.29 is 9.05 Å². The average molecular weight is 351 g/mol. The molecule has 1 aliphatic heterocycles. The van der Waals surface area contributed by atoms with Gasteiger partial charge in [-0.1, -0.05) is 53.7 Å². The predicted octanol–water partition coefficient (Wildman–Crippen LogP) is 6.02. The number of hydrogen-bond donors (Lipinski definition) is 0. The molecule has 1 aromatic rings. The van der Waals surface area contributed by atoms with Gasteiger partial charge in [0.25, 0.3) is 0 Å². The van der Waals surface area contributed by atoms with Crippen LogP contribution in [0.2, 0.25) is 0 Å². The lowest BCUT2D eigenvalue weighted by Crippen LogP contribution is -2.36. The molecule has 1 atom stereocenters. The Kier molecular flexibility index (Phi) is 5.41. The van der Waals surface area contributed by atoms with Crippen molar-refractivity contribution in [3.63, 3.8) is 0 Å². The molecule has 1 unspecified atom stereocenters. The lowest BCUT2D eigenvalue weighted by molar-refractivity contribution is 0.268. The van der Waals surface area contributed by atoms with Crippen LogP contribution in [0.25, 0.3) is 0 Å². The first kappa shape index (κ1) is 19.7. The normalized spacial score (nSPS) is 20.5. The predicted molar refractivity (Wildman–Crippen MR) is 104 cm³/mol. The molecule has 136 valence electrons. The van der Waals surface area contributed by atoms with Gasteiger partial charge >= 0.3 is 8.53 Å². The van der Waals surface area contributed by atoms with Crippen LogP contribution in [0.1, 0.15) is 73.4 Å². The summed E-state index contributed by atoms with van der Waals surface area (Å²) in [6.45, 7) is 21.8. The quantitative estimate of drug-likeness (QED) is 0.608. The van der Waals surface area contributed by atoms with Crippen LogP contribution < -0.4 is 4.52 Å². The third kappa shape index (κ3) is 4.50. The van der Waals surface area contributed by atoms with E-state index in [1.807, 2.05) is 0 Å². The smallest absolute Gasteiger partial charge is 0.321 e. The molecule has 0 radical (unpaired) electrons. The summed E-state index contributed by atoms with van der Waals surface area (Å²) in [5.74, 6) is 0.956. The zero-order valence-electron chi connectivity index (χ0n) is 16.9. The Labute approximate surface area is 149 Å². The fourth-order valence-corrected chi connectivity index (χ4v) is 4.35. The van der Waals surface area contributed by atoms with E-state index in [1.54, 1.807) is 0 Å². The molecule has 0 spiro atoms. The summed E-state index contributed by atoms with van der Waals surface area (Å²) >= 11 is 0. The van der Waals surface area contributed by atoms with Crippen LogP contribution in [0.4, 0.5) is 0 Å². The van der Waals surface area contributed by atoms with Gasteiger partial charge in [-0.05, 0) is 43.2 Å². The van der Waals surface area contributed by atoms with Crippen LogP contribution in [0.15, 0.2) is 18.2 Å². The Hall–Kier alpha value is -0.630. The molecule has 0 bridgehead atoms. The maximum atomic E-state index is 6.41. The van der Waals surface area contributed by atoms with E-state index in [-0.39, 0.29) is 16.4 Å². The molecule has 1 aromatic carbocycles. The first-order valence-corrected chi connectivity index (χ1v) is 9.97. The lowest BCUT2D eigenvalue weighted by Gasteiger charge is -2.34. The maximum Gasteiger partial charge on any atom is 0.321 e. The third-order valence-corrected chi connectivity index (χ3v) is 6.26. The van der Waals surface area contributed by atoms with Gasteiger partial charge in [-0.3, -0.25) is 0 Å². The SMILES string of the molecule is CC(C)(C)c1ccc(OP2OCCN2C(C)(C)C)c(C(C)(C)C)c1. The Bertz CT molecular complexity index is 579. The lowest BCUT2D eigenvalue weighted by atomic mass is 9.80. The van der Waals surface area contributed by atoms with Crippen molar-refractivity contribution in [3.05, 3.63) is 29.3 Å². The van der Waals surface area contributed by atoms with Crippen molar-refractivity contribution in [1.29, 1.82) is 0 Å². The largest absolute Gasteiger partial charge is 0.435 e. The highest BCUT2D eigenvalue weighted by Gasteiger charge is 2.38. The van der Waals surface area contributed by atoms with E-state index >= 15 is 0 Å². The van der Waals surface area contributed by atoms with E-state index < -0.39 is 8.53 Å². The van der Waals surface area contributed by atoms with Gasteiger partial charge in [0, 0.05) is 17.6 Å².